The minimum absolute atomic E-state index is 0.123. The van der Waals surface area contributed by atoms with Crippen molar-refractivity contribution in [1.29, 1.82) is 0 Å². The van der Waals surface area contributed by atoms with Crippen LogP contribution in [0.3, 0.4) is 0 Å². The normalized spacial score (nSPS) is 11.4. The van der Waals surface area contributed by atoms with Crippen LogP contribution in [0, 0.1) is 0 Å². The second-order valence-electron chi connectivity index (χ2n) is 3.32. The number of aliphatic carboxylic acids is 1. The molecule has 0 aliphatic rings. The van der Waals surface area contributed by atoms with Crippen molar-refractivity contribution in [3.05, 3.63) is 25.3 Å². The number of hydrogen-bond donors (Lipinski definition) is 3. The number of amides is 2. The standard InChI is InChI=1S/C11H18N2O4/c1-3-5-9(10(15)16)12-11(17)13(6-4-2)7-8-14/h3-4,9,14H,1-2,5-8H2,(H,12,17)(H,15,16). The topological polar surface area (TPSA) is 89.9 Å². The number of aliphatic hydroxyl groups is 1. The lowest BCUT2D eigenvalue weighted by Crippen LogP contribution is -2.48. The zero-order valence-electron chi connectivity index (χ0n) is 9.63. The fourth-order valence-electron chi connectivity index (χ4n) is 1.18. The Morgan fingerprint density at radius 1 is 1.35 bits per heavy atom. The number of urea groups is 1. The highest BCUT2D eigenvalue weighted by atomic mass is 16.4. The van der Waals surface area contributed by atoms with Crippen LogP contribution in [0.5, 0.6) is 0 Å². The van der Waals surface area contributed by atoms with E-state index in [1.54, 1.807) is 0 Å². The molecule has 0 fully saturated rings. The van der Waals surface area contributed by atoms with Crippen molar-refractivity contribution >= 4 is 12.0 Å². The number of aliphatic hydroxyl groups excluding tert-OH is 1. The molecule has 0 spiro atoms. The van der Waals surface area contributed by atoms with Gasteiger partial charge >= 0.3 is 12.0 Å². The second-order valence-corrected chi connectivity index (χ2v) is 3.32. The molecule has 6 nitrogen and oxygen atoms in total. The van der Waals surface area contributed by atoms with Crippen LogP contribution in [0.4, 0.5) is 4.79 Å². The minimum Gasteiger partial charge on any atom is -0.480 e. The number of rotatable bonds is 8. The third-order valence-electron chi connectivity index (χ3n) is 2.00. The van der Waals surface area contributed by atoms with Gasteiger partial charge in [-0.1, -0.05) is 12.2 Å². The van der Waals surface area contributed by atoms with E-state index in [0.717, 1.165) is 0 Å². The lowest BCUT2D eigenvalue weighted by atomic mass is 10.2. The monoisotopic (exact) mass is 242 g/mol. The average molecular weight is 242 g/mol. The first kappa shape index (κ1) is 15.2. The number of hydrogen-bond acceptors (Lipinski definition) is 3. The highest BCUT2D eigenvalue weighted by molar-refractivity contribution is 5.82. The van der Waals surface area contributed by atoms with E-state index in [1.807, 2.05) is 0 Å². The number of carbonyl (C=O) groups is 2. The summed E-state index contributed by atoms with van der Waals surface area (Å²) in [5.74, 6) is -1.12. The molecule has 0 aromatic carbocycles. The molecule has 0 aromatic heterocycles. The first-order valence-corrected chi connectivity index (χ1v) is 5.17. The van der Waals surface area contributed by atoms with Gasteiger partial charge in [-0.15, -0.1) is 13.2 Å². The zero-order chi connectivity index (χ0) is 13.3. The van der Waals surface area contributed by atoms with E-state index < -0.39 is 18.0 Å². The number of carboxylic acid groups (broad SMARTS) is 1. The van der Waals surface area contributed by atoms with E-state index in [4.69, 9.17) is 10.2 Å². The van der Waals surface area contributed by atoms with Crippen molar-refractivity contribution in [2.24, 2.45) is 0 Å². The van der Waals surface area contributed by atoms with E-state index in [0.29, 0.717) is 0 Å². The molecule has 0 radical (unpaired) electrons. The van der Waals surface area contributed by atoms with Gasteiger partial charge in [0.25, 0.3) is 0 Å². The van der Waals surface area contributed by atoms with Crippen LogP contribution in [0.15, 0.2) is 25.3 Å². The number of nitrogens with one attached hydrogen (secondary N) is 1. The molecule has 0 aliphatic heterocycles. The lowest BCUT2D eigenvalue weighted by Gasteiger charge is -2.22. The van der Waals surface area contributed by atoms with Crippen molar-refractivity contribution in [3.63, 3.8) is 0 Å². The molecule has 0 heterocycles. The molecule has 17 heavy (non-hydrogen) atoms. The minimum atomic E-state index is -1.12. The SMILES string of the molecule is C=CCC(NC(=O)N(CC=C)CCO)C(=O)O. The highest BCUT2D eigenvalue weighted by Gasteiger charge is 2.21. The van der Waals surface area contributed by atoms with E-state index in [9.17, 15) is 9.59 Å². The molecular formula is C11H18N2O4. The summed E-state index contributed by atoms with van der Waals surface area (Å²) in [6.45, 7) is 7.08. The van der Waals surface area contributed by atoms with Gasteiger partial charge in [-0.25, -0.2) is 9.59 Å². The maximum atomic E-state index is 11.7. The molecule has 0 rings (SSSR count). The predicted octanol–water partition coefficient (Wildman–Crippen LogP) is 0.206. The summed E-state index contributed by atoms with van der Waals surface area (Å²) >= 11 is 0. The third-order valence-corrected chi connectivity index (χ3v) is 2.00. The Hall–Kier alpha value is -1.82. The summed E-state index contributed by atoms with van der Waals surface area (Å²) in [6, 6.07) is -1.56. The number of carbonyl (C=O) groups excluding carboxylic acids is 1. The van der Waals surface area contributed by atoms with Gasteiger partial charge < -0.3 is 20.4 Å². The Morgan fingerprint density at radius 2 is 2.00 bits per heavy atom. The quantitative estimate of drug-likeness (QED) is 0.531. The van der Waals surface area contributed by atoms with Crippen molar-refractivity contribution in [2.75, 3.05) is 19.7 Å². The molecule has 0 saturated heterocycles. The van der Waals surface area contributed by atoms with Crippen molar-refractivity contribution < 1.29 is 19.8 Å². The average Bonchev–Trinajstić information content (AvgIpc) is 2.28. The van der Waals surface area contributed by atoms with Gasteiger partial charge in [0, 0.05) is 13.1 Å². The van der Waals surface area contributed by atoms with Gasteiger partial charge in [0.1, 0.15) is 6.04 Å². The number of carboxylic acids is 1. The van der Waals surface area contributed by atoms with E-state index in [1.165, 1.54) is 17.1 Å². The van der Waals surface area contributed by atoms with E-state index in [2.05, 4.69) is 18.5 Å². The van der Waals surface area contributed by atoms with Gasteiger partial charge in [-0.05, 0) is 6.42 Å². The summed E-state index contributed by atoms with van der Waals surface area (Å²) in [7, 11) is 0. The molecule has 96 valence electrons. The van der Waals surface area contributed by atoms with E-state index >= 15 is 0 Å². The zero-order valence-corrected chi connectivity index (χ0v) is 9.63. The first-order valence-electron chi connectivity index (χ1n) is 5.17. The summed E-state index contributed by atoms with van der Waals surface area (Å²) < 4.78 is 0. The van der Waals surface area contributed by atoms with Crippen LogP contribution in [0.1, 0.15) is 6.42 Å². The van der Waals surface area contributed by atoms with Crippen LogP contribution in [-0.2, 0) is 4.79 Å². The second kappa shape index (κ2) is 8.35. The molecule has 0 saturated carbocycles. The summed E-state index contributed by atoms with van der Waals surface area (Å²) in [4.78, 5) is 23.8. The van der Waals surface area contributed by atoms with Crippen LogP contribution >= 0.6 is 0 Å². The molecule has 0 aliphatic carbocycles. The third kappa shape index (κ3) is 5.72. The number of nitrogens with zero attached hydrogens (tertiary/aromatic N) is 1. The van der Waals surface area contributed by atoms with Gasteiger partial charge in [-0.3, -0.25) is 0 Å². The van der Waals surface area contributed by atoms with E-state index in [-0.39, 0.29) is 26.1 Å². The van der Waals surface area contributed by atoms with Crippen molar-refractivity contribution in [1.82, 2.24) is 10.2 Å². The fourth-order valence-corrected chi connectivity index (χ4v) is 1.18. The highest BCUT2D eigenvalue weighted by Crippen LogP contribution is 1.97. The molecule has 1 atom stereocenters. The molecule has 1 unspecified atom stereocenters. The Labute approximate surface area is 100 Å². The lowest BCUT2D eigenvalue weighted by molar-refractivity contribution is -0.139. The molecule has 0 bridgehead atoms. The Kier molecular flexibility index (Phi) is 7.45. The maximum absolute atomic E-state index is 11.7. The molecule has 6 heteroatoms. The Bertz CT molecular complexity index is 291. The smallest absolute Gasteiger partial charge is 0.326 e. The van der Waals surface area contributed by atoms with Crippen LogP contribution < -0.4 is 5.32 Å². The predicted molar refractivity (Wildman–Crippen MR) is 63.6 cm³/mol. The van der Waals surface area contributed by atoms with Crippen molar-refractivity contribution in [2.45, 2.75) is 12.5 Å². The molecule has 3 N–H and O–H groups in total. The molecule has 2 amide bonds. The first-order chi connectivity index (χ1) is 8.06. The summed E-state index contributed by atoms with van der Waals surface area (Å²) in [5.41, 5.74) is 0. The van der Waals surface area contributed by atoms with Gasteiger partial charge in [0.05, 0.1) is 6.61 Å². The fraction of sp³-hybridized carbons (Fsp3) is 0.455. The molecule has 0 aromatic rings. The van der Waals surface area contributed by atoms with Crippen LogP contribution in [0.2, 0.25) is 0 Å². The largest absolute Gasteiger partial charge is 0.480 e. The molecular weight excluding hydrogens is 224 g/mol. The van der Waals surface area contributed by atoms with Crippen molar-refractivity contribution in [3.8, 4) is 0 Å². The Morgan fingerprint density at radius 3 is 2.41 bits per heavy atom. The Balaban J connectivity index is 4.48. The van der Waals surface area contributed by atoms with Crippen LogP contribution in [-0.4, -0.2) is 52.9 Å². The van der Waals surface area contributed by atoms with Gasteiger partial charge in [-0.2, -0.15) is 0 Å². The van der Waals surface area contributed by atoms with Gasteiger partial charge in [0.15, 0.2) is 0 Å². The van der Waals surface area contributed by atoms with Gasteiger partial charge in [0.2, 0.25) is 0 Å². The maximum Gasteiger partial charge on any atom is 0.326 e. The van der Waals surface area contributed by atoms with Crippen LogP contribution in [0.25, 0.3) is 0 Å². The summed E-state index contributed by atoms with van der Waals surface area (Å²) in [6.07, 6.45) is 3.06. The summed E-state index contributed by atoms with van der Waals surface area (Å²) in [5, 5.41) is 20.0.